The van der Waals surface area contributed by atoms with Crippen LogP contribution < -0.4 is 10.6 Å². The zero-order valence-electron chi connectivity index (χ0n) is 15.8. The smallest absolute Gasteiger partial charge is 0.238 e. The van der Waals surface area contributed by atoms with Gasteiger partial charge in [0, 0.05) is 37.9 Å². The molecule has 144 valence electrons. The summed E-state index contributed by atoms with van der Waals surface area (Å²) in [4.78, 5) is 28.3. The van der Waals surface area contributed by atoms with Gasteiger partial charge in [-0.15, -0.1) is 0 Å². The quantitative estimate of drug-likeness (QED) is 0.770. The van der Waals surface area contributed by atoms with Gasteiger partial charge in [0.05, 0.1) is 13.1 Å². The van der Waals surface area contributed by atoms with E-state index < -0.39 is 0 Å². The van der Waals surface area contributed by atoms with E-state index in [2.05, 4.69) is 29.4 Å². The lowest BCUT2D eigenvalue weighted by molar-refractivity contribution is -0.124. The maximum Gasteiger partial charge on any atom is 0.238 e. The number of carbonyl (C=O) groups is 2. The van der Waals surface area contributed by atoms with E-state index in [1.807, 2.05) is 11.8 Å². The van der Waals surface area contributed by atoms with E-state index in [1.54, 1.807) is 12.1 Å². The molecule has 1 saturated heterocycles. The van der Waals surface area contributed by atoms with Crippen molar-refractivity contribution in [1.29, 1.82) is 0 Å². The van der Waals surface area contributed by atoms with E-state index in [9.17, 15) is 14.0 Å². The highest BCUT2D eigenvalue weighted by Crippen LogP contribution is 2.09. The molecule has 2 N–H and O–H groups in total. The average molecular weight is 364 g/mol. The van der Waals surface area contributed by atoms with Gasteiger partial charge in [-0.05, 0) is 31.0 Å². The number of piperazine rings is 1. The fourth-order valence-electron chi connectivity index (χ4n) is 2.74. The molecule has 6 nitrogen and oxygen atoms in total. The van der Waals surface area contributed by atoms with E-state index in [1.165, 1.54) is 12.1 Å². The molecule has 2 amide bonds. The molecule has 1 aliphatic heterocycles. The lowest BCUT2D eigenvalue weighted by Gasteiger charge is -2.34. The van der Waals surface area contributed by atoms with Crippen LogP contribution in [0, 0.1) is 11.7 Å². The molecule has 1 heterocycles. The number of amides is 2. The topological polar surface area (TPSA) is 64.7 Å². The number of hydrogen-bond donors (Lipinski definition) is 2. The molecule has 2 rings (SSSR count). The van der Waals surface area contributed by atoms with Crippen LogP contribution in [0.4, 0.5) is 10.1 Å². The first-order valence-corrected chi connectivity index (χ1v) is 9.13. The Morgan fingerprint density at radius 1 is 1.04 bits per heavy atom. The fraction of sp³-hybridized carbons (Fsp3) is 0.579. The second-order valence-electron chi connectivity index (χ2n) is 7.21. The minimum absolute atomic E-state index is 0.0449. The Labute approximate surface area is 154 Å². The number of hydrogen-bond acceptors (Lipinski definition) is 4. The Bertz CT molecular complexity index is 615. The van der Waals surface area contributed by atoms with Crippen molar-refractivity contribution in [3.8, 4) is 0 Å². The minimum atomic E-state index is -0.374. The molecule has 0 radical (unpaired) electrons. The third kappa shape index (κ3) is 6.72. The minimum Gasteiger partial charge on any atom is -0.352 e. The van der Waals surface area contributed by atoms with E-state index in [-0.39, 0.29) is 30.2 Å². The molecular weight excluding hydrogens is 335 g/mol. The summed E-state index contributed by atoms with van der Waals surface area (Å²) in [7, 11) is 0. The van der Waals surface area contributed by atoms with Gasteiger partial charge in [-0.25, -0.2) is 4.39 Å². The molecule has 26 heavy (non-hydrogen) atoms. The van der Waals surface area contributed by atoms with Crippen LogP contribution in [-0.4, -0.2) is 66.9 Å². The van der Waals surface area contributed by atoms with E-state index >= 15 is 0 Å². The maximum absolute atomic E-state index is 13.1. The van der Waals surface area contributed by atoms with Crippen molar-refractivity contribution in [3.05, 3.63) is 30.1 Å². The fourth-order valence-corrected chi connectivity index (χ4v) is 2.74. The SMILES string of the molecule is CC(C)[C@@H](C)NC(=O)CN1CCN(CC(=O)Nc2cccc(F)c2)CC1. The van der Waals surface area contributed by atoms with Crippen LogP contribution in [0.3, 0.4) is 0 Å². The summed E-state index contributed by atoms with van der Waals surface area (Å²) in [5, 5.41) is 5.72. The van der Waals surface area contributed by atoms with Gasteiger partial charge in [0.2, 0.25) is 11.8 Å². The standard InChI is InChI=1S/C19H29FN4O2/c1-14(2)15(3)21-18(25)12-23-7-9-24(10-8-23)13-19(26)22-17-6-4-5-16(20)11-17/h4-6,11,14-15H,7-10,12-13H2,1-3H3,(H,21,25)(H,22,26)/t15-/m1/s1. The Kier molecular flexibility index (Phi) is 7.53. The summed E-state index contributed by atoms with van der Waals surface area (Å²) < 4.78 is 13.1. The predicted octanol–water partition coefficient (Wildman–Crippen LogP) is 1.54. The summed E-state index contributed by atoms with van der Waals surface area (Å²) in [6, 6.07) is 6.03. The molecule has 0 aromatic heterocycles. The molecule has 1 fully saturated rings. The summed E-state index contributed by atoms with van der Waals surface area (Å²) in [5.74, 6) is -0.0788. The van der Waals surface area contributed by atoms with Gasteiger partial charge in [0.25, 0.3) is 0 Å². The number of nitrogens with one attached hydrogen (secondary N) is 2. The zero-order valence-corrected chi connectivity index (χ0v) is 15.8. The Balaban J connectivity index is 1.69. The van der Waals surface area contributed by atoms with Crippen molar-refractivity contribution in [2.75, 3.05) is 44.6 Å². The van der Waals surface area contributed by atoms with Gasteiger partial charge in [0.1, 0.15) is 5.82 Å². The van der Waals surface area contributed by atoms with Gasteiger partial charge >= 0.3 is 0 Å². The third-order valence-corrected chi connectivity index (χ3v) is 4.70. The second kappa shape index (κ2) is 9.64. The summed E-state index contributed by atoms with van der Waals surface area (Å²) in [6.07, 6.45) is 0. The number of halogens is 1. The van der Waals surface area contributed by atoms with Crippen LogP contribution in [0.1, 0.15) is 20.8 Å². The first-order valence-electron chi connectivity index (χ1n) is 9.13. The number of anilines is 1. The van der Waals surface area contributed by atoms with Crippen LogP contribution >= 0.6 is 0 Å². The van der Waals surface area contributed by atoms with Crippen LogP contribution in [0.15, 0.2) is 24.3 Å². The second-order valence-corrected chi connectivity index (χ2v) is 7.21. The molecule has 1 atom stereocenters. The first kappa shape index (κ1) is 20.3. The molecule has 1 aromatic carbocycles. The molecule has 0 saturated carbocycles. The first-order chi connectivity index (χ1) is 12.3. The lowest BCUT2D eigenvalue weighted by Crippen LogP contribution is -2.51. The van der Waals surface area contributed by atoms with Crippen LogP contribution in [0.25, 0.3) is 0 Å². The van der Waals surface area contributed by atoms with Crippen molar-refractivity contribution >= 4 is 17.5 Å². The number of nitrogens with zero attached hydrogens (tertiary/aromatic N) is 2. The lowest BCUT2D eigenvalue weighted by atomic mass is 10.1. The Hall–Kier alpha value is -1.99. The molecule has 1 aliphatic rings. The van der Waals surface area contributed by atoms with Gasteiger partial charge in [0.15, 0.2) is 0 Å². The largest absolute Gasteiger partial charge is 0.352 e. The highest BCUT2D eigenvalue weighted by molar-refractivity contribution is 5.92. The van der Waals surface area contributed by atoms with Crippen LogP contribution in [-0.2, 0) is 9.59 Å². The third-order valence-electron chi connectivity index (χ3n) is 4.70. The van der Waals surface area contributed by atoms with Gasteiger partial charge in [-0.1, -0.05) is 19.9 Å². The van der Waals surface area contributed by atoms with Crippen molar-refractivity contribution in [2.24, 2.45) is 5.92 Å². The summed E-state index contributed by atoms with van der Waals surface area (Å²) in [6.45, 7) is 9.77. The predicted molar refractivity (Wildman–Crippen MR) is 100 cm³/mol. The summed E-state index contributed by atoms with van der Waals surface area (Å²) >= 11 is 0. The monoisotopic (exact) mass is 364 g/mol. The molecular formula is C19H29FN4O2. The van der Waals surface area contributed by atoms with E-state index in [4.69, 9.17) is 0 Å². The Morgan fingerprint density at radius 2 is 1.62 bits per heavy atom. The van der Waals surface area contributed by atoms with E-state index in [0.29, 0.717) is 18.2 Å². The van der Waals surface area contributed by atoms with E-state index in [0.717, 1.165) is 26.2 Å². The molecule has 7 heteroatoms. The molecule has 0 bridgehead atoms. The maximum atomic E-state index is 13.1. The van der Waals surface area contributed by atoms with Gasteiger partial charge < -0.3 is 10.6 Å². The highest BCUT2D eigenvalue weighted by atomic mass is 19.1. The van der Waals surface area contributed by atoms with Gasteiger partial charge in [-0.3, -0.25) is 19.4 Å². The molecule has 0 spiro atoms. The van der Waals surface area contributed by atoms with Crippen molar-refractivity contribution in [3.63, 3.8) is 0 Å². The molecule has 1 aromatic rings. The number of carbonyl (C=O) groups excluding carboxylic acids is 2. The van der Waals surface area contributed by atoms with Crippen LogP contribution in [0.2, 0.25) is 0 Å². The highest BCUT2D eigenvalue weighted by Gasteiger charge is 2.21. The van der Waals surface area contributed by atoms with Crippen molar-refractivity contribution in [2.45, 2.75) is 26.8 Å². The zero-order chi connectivity index (χ0) is 19.1. The normalized spacial score (nSPS) is 17.1. The summed E-state index contributed by atoms with van der Waals surface area (Å²) in [5.41, 5.74) is 0.463. The van der Waals surface area contributed by atoms with Crippen LogP contribution in [0.5, 0.6) is 0 Å². The average Bonchev–Trinajstić information content (AvgIpc) is 2.56. The Morgan fingerprint density at radius 3 is 2.15 bits per heavy atom. The van der Waals surface area contributed by atoms with Crippen molar-refractivity contribution in [1.82, 2.24) is 15.1 Å². The number of benzene rings is 1. The van der Waals surface area contributed by atoms with Gasteiger partial charge in [-0.2, -0.15) is 0 Å². The van der Waals surface area contributed by atoms with Crippen molar-refractivity contribution < 1.29 is 14.0 Å². The molecule has 0 aliphatic carbocycles. The number of rotatable bonds is 7. The molecule has 0 unspecified atom stereocenters.